The van der Waals surface area contributed by atoms with Crippen LogP contribution in [0.15, 0.2) is 17.2 Å². The topological polar surface area (TPSA) is 65.2 Å². The number of rotatable bonds is 7. The molecule has 0 saturated heterocycles. The molecule has 1 heterocycles. The highest BCUT2D eigenvalue weighted by molar-refractivity contribution is 7.89. The lowest BCUT2D eigenvalue weighted by Gasteiger charge is -2.14. The van der Waals surface area contributed by atoms with Crippen molar-refractivity contribution in [1.82, 2.24) is 14.6 Å². The Balaban J connectivity index is 2.78. The quantitative estimate of drug-likeness (QED) is 0.792. The van der Waals surface area contributed by atoms with Crippen molar-refractivity contribution in [2.24, 2.45) is 0 Å². The first-order chi connectivity index (χ1) is 8.37. The molecule has 0 atom stereocenters. The summed E-state index contributed by atoms with van der Waals surface area (Å²) < 4.78 is 25.7. The van der Waals surface area contributed by atoms with E-state index < -0.39 is 10.0 Å². The van der Waals surface area contributed by atoms with Gasteiger partial charge in [-0.2, -0.15) is 0 Å². The van der Waals surface area contributed by atoms with Gasteiger partial charge in [0.15, 0.2) is 0 Å². The van der Waals surface area contributed by atoms with Gasteiger partial charge in [0.1, 0.15) is 0 Å². The number of nitrogens with one attached hydrogen (secondary N) is 2. The van der Waals surface area contributed by atoms with Crippen LogP contribution in [0.3, 0.4) is 0 Å². The van der Waals surface area contributed by atoms with Gasteiger partial charge < -0.3 is 10.3 Å². The SMILES string of the molecule is CCCN(C)S(=O)(=O)c1c[nH]c(CNC(C)C)c1. The first-order valence-electron chi connectivity index (χ1n) is 6.25. The minimum Gasteiger partial charge on any atom is -0.363 e. The molecule has 2 N–H and O–H groups in total. The third-order valence-electron chi connectivity index (χ3n) is 2.66. The summed E-state index contributed by atoms with van der Waals surface area (Å²) in [6, 6.07) is 2.06. The highest BCUT2D eigenvalue weighted by Crippen LogP contribution is 2.15. The van der Waals surface area contributed by atoms with Gasteiger partial charge in [-0.25, -0.2) is 12.7 Å². The van der Waals surface area contributed by atoms with Crippen molar-refractivity contribution in [1.29, 1.82) is 0 Å². The third-order valence-corrected chi connectivity index (χ3v) is 4.50. The zero-order valence-corrected chi connectivity index (χ0v) is 12.3. The van der Waals surface area contributed by atoms with Gasteiger partial charge in [0.05, 0.1) is 4.90 Å². The maximum absolute atomic E-state index is 12.2. The van der Waals surface area contributed by atoms with Crippen LogP contribution in [0.4, 0.5) is 0 Å². The fourth-order valence-electron chi connectivity index (χ4n) is 1.60. The number of sulfonamides is 1. The molecule has 0 aliphatic carbocycles. The summed E-state index contributed by atoms with van der Waals surface area (Å²) in [5, 5.41) is 3.24. The van der Waals surface area contributed by atoms with E-state index in [1.165, 1.54) is 4.31 Å². The van der Waals surface area contributed by atoms with E-state index in [0.717, 1.165) is 12.1 Å². The maximum Gasteiger partial charge on any atom is 0.244 e. The summed E-state index contributed by atoms with van der Waals surface area (Å²) in [7, 11) is -1.74. The molecule has 0 amide bonds. The molecule has 0 spiro atoms. The Morgan fingerprint density at radius 2 is 2.11 bits per heavy atom. The monoisotopic (exact) mass is 273 g/mol. The molecular weight excluding hydrogens is 250 g/mol. The fourth-order valence-corrected chi connectivity index (χ4v) is 2.88. The van der Waals surface area contributed by atoms with Gasteiger partial charge in [0.25, 0.3) is 0 Å². The number of aromatic nitrogens is 1. The van der Waals surface area contributed by atoms with Crippen molar-refractivity contribution in [3.05, 3.63) is 18.0 Å². The van der Waals surface area contributed by atoms with Gasteiger partial charge in [0, 0.05) is 38.1 Å². The van der Waals surface area contributed by atoms with Crippen LogP contribution in [0, 0.1) is 0 Å². The third kappa shape index (κ3) is 3.83. The van der Waals surface area contributed by atoms with E-state index in [0.29, 0.717) is 24.0 Å². The molecule has 1 aromatic heterocycles. The molecule has 1 aromatic rings. The Morgan fingerprint density at radius 1 is 1.44 bits per heavy atom. The normalized spacial score (nSPS) is 12.6. The highest BCUT2D eigenvalue weighted by Gasteiger charge is 2.21. The maximum atomic E-state index is 12.2. The van der Waals surface area contributed by atoms with Crippen molar-refractivity contribution in [2.75, 3.05) is 13.6 Å². The molecule has 0 aromatic carbocycles. The first kappa shape index (κ1) is 15.2. The van der Waals surface area contributed by atoms with E-state index >= 15 is 0 Å². The van der Waals surface area contributed by atoms with Gasteiger partial charge in [0.2, 0.25) is 10.0 Å². The van der Waals surface area contributed by atoms with E-state index in [4.69, 9.17) is 0 Å². The zero-order valence-electron chi connectivity index (χ0n) is 11.5. The lowest BCUT2D eigenvalue weighted by Crippen LogP contribution is -2.27. The molecule has 0 aliphatic heterocycles. The molecule has 104 valence electrons. The molecule has 5 nitrogen and oxygen atoms in total. The second-order valence-electron chi connectivity index (χ2n) is 4.72. The number of hydrogen-bond donors (Lipinski definition) is 2. The molecule has 18 heavy (non-hydrogen) atoms. The summed E-state index contributed by atoms with van der Waals surface area (Å²) in [6.45, 7) is 7.24. The Kier molecular flexibility index (Phi) is 5.37. The fraction of sp³-hybridized carbons (Fsp3) is 0.667. The van der Waals surface area contributed by atoms with Crippen LogP contribution >= 0.6 is 0 Å². The molecular formula is C12H23N3O2S. The van der Waals surface area contributed by atoms with Gasteiger partial charge in [-0.3, -0.25) is 0 Å². The van der Waals surface area contributed by atoms with Gasteiger partial charge in [-0.05, 0) is 12.5 Å². The average Bonchev–Trinajstić information content (AvgIpc) is 2.75. The van der Waals surface area contributed by atoms with Gasteiger partial charge >= 0.3 is 0 Å². The van der Waals surface area contributed by atoms with Crippen LogP contribution in [0.1, 0.15) is 32.9 Å². The number of hydrogen-bond acceptors (Lipinski definition) is 3. The summed E-state index contributed by atoms with van der Waals surface area (Å²) in [5.74, 6) is 0. The van der Waals surface area contributed by atoms with E-state index in [-0.39, 0.29) is 0 Å². The minimum atomic E-state index is -3.34. The Labute approximate surface area is 110 Å². The second-order valence-corrected chi connectivity index (χ2v) is 6.77. The number of H-pyrrole nitrogens is 1. The predicted octanol–water partition coefficient (Wildman–Crippen LogP) is 1.54. The molecule has 1 rings (SSSR count). The summed E-state index contributed by atoms with van der Waals surface area (Å²) in [5.41, 5.74) is 0.882. The van der Waals surface area contributed by atoms with Gasteiger partial charge in [-0.1, -0.05) is 20.8 Å². The zero-order chi connectivity index (χ0) is 13.8. The van der Waals surface area contributed by atoms with Crippen molar-refractivity contribution in [3.8, 4) is 0 Å². The van der Waals surface area contributed by atoms with E-state index in [1.54, 1.807) is 19.3 Å². The largest absolute Gasteiger partial charge is 0.363 e. The van der Waals surface area contributed by atoms with Crippen LogP contribution in [-0.4, -0.2) is 37.3 Å². The highest BCUT2D eigenvalue weighted by atomic mass is 32.2. The minimum absolute atomic E-state index is 0.332. The van der Waals surface area contributed by atoms with Crippen LogP contribution in [-0.2, 0) is 16.6 Å². The molecule has 0 aliphatic rings. The van der Waals surface area contributed by atoms with Crippen molar-refractivity contribution < 1.29 is 8.42 Å². The Morgan fingerprint density at radius 3 is 2.67 bits per heavy atom. The van der Waals surface area contributed by atoms with E-state index in [1.807, 2.05) is 6.92 Å². The van der Waals surface area contributed by atoms with Crippen LogP contribution in [0.2, 0.25) is 0 Å². The average molecular weight is 273 g/mol. The summed E-state index contributed by atoms with van der Waals surface area (Å²) in [6.07, 6.45) is 2.36. The molecule has 0 saturated carbocycles. The number of aromatic amines is 1. The molecule has 0 fully saturated rings. The summed E-state index contributed by atoms with van der Waals surface area (Å²) in [4.78, 5) is 3.33. The van der Waals surface area contributed by atoms with E-state index in [9.17, 15) is 8.42 Å². The molecule has 0 radical (unpaired) electrons. The van der Waals surface area contributed by atoms with Crippen LogP contribution in [0.25, 0.3) is 0 Å². The Hall–Kier alpha value is -0.850. The van der Waals surface area contributed by atoms with Gasteiger partial charge in [-0.15, -0.1) is 0 Å². The van der Waals surface area contributed by atoms with Crippen LogP contribution in [0.5, 0.6) is 0 Å². The van der Waals surface area contributed by atoms with Crippen LogP contribution < -0.4 is 5.32 Å². The molecule has 0 unspecified atom stereocenters. The van der Waals surface area contributed by atoms with Crippen molar-refractivity contribution >= 4 is 10.0 Å². The Bertz CT molecular complexity index is 465. The standard InChI is InChI=1S/C12H23N3O2S/c1-5-6-15(4)18(16,17)12-7-11(14-9-12)8-13-10(2)3/h7,9-10,13-14H,5-6,8H2,1-4H3. The smallest absolute Gasteiger partial charge is 0.244 e. The molecule has 6 heteroatoms. The summed E-state index contributed by atoms with van der Waals surface area (Å²) >= 11 is 0. The first-order valence-corrected chi connectivity index (χ1v) is 7.69. The number of nitrogens with zero attached hydrogens (tertiary/aromatic N) is 1. The second kappa shape index (κ2) is 6.36. The van der Waals surface area contributed by atoms with Crippen molar-refractivity contribution in [3.63, 3.8) is 0 Å². The van der Waals surface area contributed by atoms with E-state index in [2.05, 4.69) is 24.1 Å². The molecule has 0 bridgehead atoms. The van der Waals surface area contributed by atoms with Crippen molar-refractivity contribution in [2.45, 2.75) is 44.7 Å². The lowest BCUT2D eigenvalue weighted by atomic mass is 10.3. The lowest BCUT2D eigenvalue weighted by molar-refractivity contribution is 0.468. The predicted molar refractivity (Wildman–Crippen MR) is 72.9 cm³/mol.